The van der Waals surface area contributed by atoms with Crippen LogP contribution in [0.5, 0.6) is 0 Å². The molecule has 0 saturated heterocycles. The molecule has 0 saturated carbocycles. The molecule has 0 aromatic heterocycles. The van der Waals surface area contributed by atoms with Gasteiger partial charge in [-0.15, -0.1) is 0 Å². The minimum Gasteiger partial charge on any atom is -0.384 e. The molecule has 1 aromatic rings. The first kappa shape index (κ1) is 12.8. The molecule has 1 N–H and O–H groups in total. The van der Waals surface area contributed by atoms with E-state index < -0.39 is 6.10 Å². The summed E-state index contributed by atoms with van der Waals surface area (Å²) in [5.41, 5.74) is 1.66. The lowest BCUT2D eigenvalue weighted by molar-refractivity contribution is 0.210. The van der Waals surface area contributed by atoms with E-state index in [-0.39, 0.29) is 5.82 Å². The van der Waals surface area contributed by atoms with E-state index in [4.69, 9.17) is 0 Å². The first-order chi connectivity index (χ1) is 8.16. The van der Waals surface area contributed by atoms with Crippen LogP contribution >= 0.6 is 15.9 Å². The molecular formula is C14H16BrFO. The summed E-state index contributed by atoms with van der Waals surface area (Å²) in [5.74, 6) is -0.317. The Morgan fingerprint density at radius 2 is 2.00 bits per heavy atom. The highest BCUT2D eigenvalue weighted by Crippen LogP contribution is 2.30. The zero-order valence-electron chi connectivity index (χ0n) is 9.63. The summed E-state index contributed by atoms with van der Waals surface area (Å²) >= 11 is 3.25. The van der Waals surface area contributed by atoms with Gasteiger partial charge < -0.3 is 5.11 Å². The monoisotopic (exact) mass is 298 g/mol. The third-order valence-corrected chi connectivity index (χ3v) is 3.59. The van der Waals surface area contributed by atoms with Crippen molar-refractivity contribution < 1.29 is 9.50 Å². The van der Waals surface area contributed by atoms with E-state index in [1.807, 2.05) is 0 Å². The number of hydrogen-bond donors (Lipinski definition) is 1. The molecule has 0 amide bonds. The van der Waals surface area contributed by atoms with E-state index >= 15 is 0 Å². The summed E-state index contributed by atoms with van der Waals surface area (Å²) in [7, 11) is 0. The molecule has 0 heterocycles. The largest absolute Gasteiger partial charge is 0.384 e. The minimum atomic E-state index is -0.667. The third kappa shape index (κ3) is 3.39. The number of allylic oxidation sites excluding steroid dienone is 1. The Kier molecular flexibility index (Phi) is 4.35. The lowest BCUT2D eigenvalue weighted by Crippen LogP contribution is -2.02. The van der Waals surface area contributed by atoms with Crippen LogP contribution in [0, 0.1) is 5.82 Å². The Hall–Kier alpha value is -0.670. The maximum absolute atomic E-state index is 13.3. The van der Waals surface area contributed by atoms with Crippen molar-refractivity contribution in [3.05, 3.63) is 45.7 Å². The predicted octanol–water partition coefficient (Wildman–Crippen LogP) is 4.51. The highest BCUT2D eigenvalue weighted by Gasteiger charge is 2.15. The van der Waals surface area contributed by atoms with Crippen LogP contribution in [0.25, 0.3) is 0 Å². The molecule has 17 heavy (non-hydrogen) atoms. The van der Waals surface area contributed by atoms with Crippen molar-refractivity contribution in [2.24, 2.45) is 0 Å². The zero-order valence-corrected chi connectivity index (χ0v) is 11.2. The second-order valence-electron chi connectivity index (χ2n) is 4.48. The van der Waals surface area contributed by atoms with Gasteiger partial charge in [-0.2, -0.15) is 0 Å². The Morgan fingerprint density at radius 1 is 1.18 bits per heavy atom. The van der Waals surface area contributed by atoms with Gasteiger partial charge >= 0.3 is 0 Å². The van der Waals surface area contributed by atoms with Crippen molar-refractivity contribution in [1.29, 1.82) is 0 Å². The van der Waals surface area contributed by atoms with Gasteiger partial charge in [-0.3, -0.25) is 0 Å². The van der Waals surface area contributed by atoms with Crippen molar-refractivity contribution in [2.75, 3.05) is 0 Å². The van der Waals surface area contributed by atoms with Crippen LogP contribution in [-0.2, 0) is 0 Å². The molecule has 0 aliphatic heterocycles. The van der Waals surface area contributed by atoms with Gasteiger partial charge in [-0.25, -0.2) is 4.39 Å². The number of rotatable bonds is 2. The molecule has 0 spiro atoms. The molecule has 0 radical (unpaired) electrons. The molecule has 0 fully saturated rings. The van der Waals surface area contributed by atoms with Crippen molar-refractivity contribution in [2.45, 2.75) is 38.2 Å². The van der Waals surface area contributed by atoms with E-state index in [0.717, 1.165) is 24.8 Å². The molecule has 1 unspecified atom stereocenters. The van der Waals surface area contributed by atoms with Crippen LogP contribution in [0.1, 0.15) is 43.8 Å². The number of hydrogen-bond acceptors (Lipinski definition) is 1. The number of aliphatic hydroxyl groups is 1. The second kappa shape index (κ2) is 5.78. The van der Waals surface area contributed by atoms with Crippen molar-refractivity contribution in [3.8, 4) is 0 Å². The van der Waals surface area contributed by atoms with E-state index in [1.54, 1.807) is 6.07 Å². The van der Waals surface area contributed by atoms with Crippen molar-refractivity contribution in [3.63, 3.8) is 0 Å². The highest BCUT2D eigenvalue weighted by molar-refractivity contribution is 9.10. The van der Waals surface area contributed by atoms with Gasteiger partial charge in [0.1, 0.15) is 11.9 Å². The lowest BCUT2D eigenvalue weighted by Gasteiger charge is -2.15. The molecule has 1 atom stereocenters. The molecule has 92 valence electrons. The van der Waals surface area contributed by atoms with Gasteiger partial charge in [0.05, 0.1) is 0 Å². The van der Waals surface area contributed by atoms with Crippen LogP contribution in [0.15, 0.2) is 34.3 Å². The van der Waals surface area contributed by atoms with Gasteiger partial charge in [0.15, 0.2) is 0 Å². The molecule has 3 heteroatoms. The fourth-order valence-corrected chi connectivity index (χ4v) is 2.72. The number of halogens is 2. The maximum Gasteiger partial charge on any atom is 0.124 e. The van der Waals surface area contributed by atoms with Gasteiger partial charge in [0.25, 0.3) is 0 Å². The second-order valence-corrected chi connectivity index (χ2v) is 5.40. The van der Waals surface area contributed by atoms with Gasteiger partial charge in [0, 0.05) is 4.47 Å². The summed E-state index contributed by atoms with van der Waals surface area (Å²) in [6, 6.07) is 4.58. The van der Waals surface area contributed by atoms with E-state index in [0.29, 0.717) is 10.0 Å². The topological polar surface area (TPSA) is 20.2 Å². The summed E-state index contributed by atoms with van der Waals surface area (Å²) in [6.07, 6.45) is 6.87. The average Bonchev–Trinajstić information content (AvgIpc) is 2.55. The van der Waals surface area contributed by atoms with Crippen LogP contribution < -0.4 is 0 Å². The summed E-state index contributed by atoms with van der Waals surface area (Å²) in [6.45, 7) is 0. The summed E-state index contributed by atoms with van der Waals surface area (Å²) in [4.78, 5) is 0. The predicted molar refractivity (Wildman–Crippen MR) is 70.2 cm³/mol. The van der Waals surface area contributed by atoms with E-state index in [9.17, 15) is 9.50 Å². The van der Waals surface area contributed by atoms with Gasteiger partial charge in [0.2, 0.25) is 0 Å². The summed E-state index contributed by atoms with van der Waals surface area (Å²) < 4.78 is 13.9. The summed E-state index contributed by atoms with van der Waals surface area (Å²) in [5, 5.41) is 10.3. The molecule has 2 rings (SSSR count). The van der Waals surface area contributed by atoms with Gasteiger partial charge in [-0.05, 0) is 55.0 Å². The fraction of sp³-hybridized carbons (Fsp3) is 0.429. The van der Waals surface area contributed by atoms with Crippen LogP contribution in [0.2, 0.25) is 0 Å². The van der Waals surface area contributed by atoms with Crippen molar-refractivity contribution >= 4 is 15.9 Å². The number of aliphatic hydroxyl groups excluding tert-OH is 1. The highest BCUT2D eigenvalue weighted by atomic mass is 79.9. The molecular weight excluding hydrogens is 283 g/mol. The van der Waals surface area contributed by atoms with E-state index in [2.05, 4.69) is 22.0 Å². The normalized spacial score (nSPS) is 18.4. The smallest absolute Gasteiger partial charge is 0.124 e. The van der Waals surface area contributed by atoms with Crippen LogP contribution in [0.3, 0.4) is 0 Å². The van der Waals surface area contributed by atoms with E-state index in [1.165, 1.54) is 25.0 Å². The molecule has 1 aliphatic carbocycles. The molecule has 1 aromatic carbocycles. The minimum absolute atomic E-state index is 0.317. The first-order valence-electron chi connectivity index (χ1n) is 6.00. The fourth-order valence-electron chi connectivity index (χ4n) is 2.24. The molecule has 0 bridgehead atoms. The Balaban J connectivity index is 2.23. The Labute approximate surface area is 109 Å². The zero-order chi connectivity index (χ0) is 12.3. The third-order valence-electron chi connectivity index (χ3n) is 3.13. The maximum atomic E-state index is 13.3. The first-order valence-corrected chi connectivity index (χ1v) is 6.79. The Bertz CT molecular complexity index is 408. The Morgan fingerprint density at radius 3 is 2.76 bits per heavy atom. The number of benzene rings is 1. The quantitative estimate of drug-likeness (QED) is 0.796. The van der Waals surface area contributed by atoms with Crippen molar-refractivity contribution in [1.82, 2.24) is 0 Å². The van der Waals surface area contributed by atoms with Gasteiger partial charge in [-0.1, -0.05) is 28.4 Å². The molecule has 1 nitrogen and oxygen atoms in total. The molecule has 1 aliphatic rings. The average molecular weight is 299 g/mol. The standard InChI is InChI=1S/C14H16BrFO/c15-12-7-11(8-13(16)9-12)14(17)10-5-3-1-2-4-6-10/h5,7-9,14,17H,1-4,6H2. The lowest BCUT2D eigenvalue weighted by atomic mass is 9.98. The van der Waals surface area contributed by atoms with Crippen LogP contribution in [-0.4, -0.2) is 5.11 Å². The SMILES string of the molecule is OC(C1=CCCCCC1)c1cc(F)cc(Br)c1. The van der Waals surface area contributed by atoms with Crippen LogP contribution in [0.4, 0.5) is 4.39 Å².